The van der Waals surface area contributed by atoms with Crippen LogP contribution in [0.4, 0.5) is 0 Å². The van der Waals surface area contributed by atoms with E-state index in [1.165, 1.54) is 11.8 Å². The second-order valence-electron chi connectivity index (χ2n) is 4.94. The summed E-state index contributed by atoms with van der Waals surface area (Å²) in [6.07, 6.45) is 3.25. The molecule has 0 aliphatic carbocycles. The summed E-state index contributed by atoms with van der Waals surface area (Å²) >= 11 is 1.46. The molecular formula is C12H23NO4S2. The Labute approximate surface area is 119 Å². The molecule has 0 aromatic carbocycles. The number of carbonyl (C=O) groups excluding carboxylic acids is 1. The van der Waals surface area contributed by atoms with Gasteiger partial charge in [0.1, 0.15) is 0 Å². The SMILES string of the molecule is CN(CCCCCO)C(=O)CSC1CCS(=O)(=O)C1. The van der Waals surface area contributed by atoms with Gasteiger partial charge in [-0.25, -0.2) is 8.42 Å². The number of carbonyl (C=O) groups is 1. The molecule has 112 valence electrons. The first-order valence-corrected chi connectivity index (χ1v) is 9.48. The normalized spacial score (nSPS) is 21.5. The molecule has 5 nitrogen and oxygen atoms in total. The van der Waals surface area contributed by atoms with E-state index >= 15 is 0 Å². The number of amides is 1. The highest BCUT2D eigenvalue weighted by atomic mass is 32.2. The van der Waals surface area contributed by atoms with E-state index in [9.17, 15) is 13.2 Å². The largest absolute Gasteiger partial charge is 0.396 e. The van der Waals surface area contributed by atoms with Crippen molar-refractivity contribution in [3.05, 3.63) is 0 Å². The Morgan fingerprint density at radius 2 is 2.11 bits per heavy atom. The van der Waals surface area contributed by atoms with E-state index in [1.54, 1.807) is 11.9 Å². The molecule has 0 aromatic heterocycles. The van der Waals surface area contributed by atoms with Crippen LogP contribution in [0.15, 0.2) is 0 Å². The van der Waals surface area contributed by atoms with Crippen molar-refractivity contribution in [3.63, 3.8) is 0 Å². The molecule has 0 saturated carbocycles. The van der Waals surface area contributed by atoms with Gasteiger partial charge in [-0.15, -0.1) is 11.8 Å². The van der Waals surface area contributed by atoms with Gasteiger partial charge in [0.15, 0.2) is 9.84 Å². The van der Waals surface area contributed by atoms with E-state index in [4.69, 9.17) is 5.11 Å². The molecule has 1 fully saturated rings. The topological polar surface area (TPSA) is 74.7 Å². The molecule has 1 aliphatic heterocycles. The molecule has 0 spiro atoms. The van der Waals surface area contributed by atoms with E-state index in [-0.39, 0.29) is 29.3 Å². The van der Waals surface area contributed by atoms with Gasteiger partial charge in [0, 0.05) is 25.4 Å². The average Bonchev–Trinajstić information content (AvgIpc) is 2.71. The van der Waals surface area contributed by atoms with Crippen LogP contribution in [-0.4, -0.2) is 67.0 Å². The fourth-order valence-corrected chi connectivity index (χ4v) is 5.54. The third-order valence-electron chi connectivity index (χ3n) is 3.21. The van der Waals surface area contributed by atoms with Crippen molar-refractivity contribution in [2.45, 2.75) is 30.9 Å². The van der Waals surface area contributed by atoms with Crippen molar-refractivity contribution < 1.29 is 18.3 Å². The summed E-state index contributed by atoms with van der Waals surface area (Å²) in [7, 11) is -1.08. The maximum absolute atomic E-state index is 11.8. The fraction of sp³-hybridized carbons (Fsp3) is 0.917. The van der Waals surface area contributed by atoms with Gasteiger partial charge in [-0.1, -0.05) is 0 Å². The molecule has 1 rings (SSSR count). The van der Waals surface area contributed by atoms with Crippen LogP contribution in [0, 0.1) is 0 Å². The van der Waals surface area contributed by atoms with Crippen LogP contribution in [0.25, 0.3) is 0 Å². The molecule has 1 N–H and O–H groups in total. The Balaban J connectivity index is 2.16. The summed E-state index contributed by atoms with van der Waals surface area (Å²) in [5.74, 6) is 0.885. The molecule has 7 heteroatoms. The molecule has 1 aliphatic rings. The molecular weight excluding hydrogens is 286 g/mol. The number of nitrogens with zero attached hydrogens (tertiary/aromatic N) is 1. The number of hydrogen-bond donors (Lipinski definition) is 1. The van der Waals surface area contributed by atoms with Crippen LogP contribution in [0.1, 0.15) is 25.7 Å². The van der Waals surface area contributed by atoms with E-state index in [2.05, 4.69) is 0 Å². The molecule has 0 radical (unpaired) electrons. The van der Waals surface area contributed by atoms with Gasteiger partial charge in [-0.3, -0.25) is 4.79 Å². The maximum Gasteiger partial charge on any atom is 0.232 e. The van der Waals surface area contributed by atoms with E-state index in [0.29, 0.717) is 18.7 Å². The molecule has 1 heterocycles. The van der Waals surface area contributed by atoms with Crippen molar-refractivity contribution in [2.24, 2.45) is 0 Å². The minimum absolute atomic E-state index is 0.0540. The van der Waals surface area contributed by atoms with Crippen molar-refractivity contribution in [1.29, 1.82) is 0 Å². The lowest BCUT2D eigenvalue weighted by molar-refractivity contribution is -0.127. The second-order valence-corrected chi connectivity index (χ2v) is 8.45. The maximum atomic E-state index is 11.8. The van der Waals surface area contributed by atoms with Crippen molar-refractivity contribution in [1.82, 2.24) is 4.90 Å². The molecule has 1 atom stereocenters. The van der Waals surface area contributed by atoms with Crippen LogP contribution in [0.2, 0.25) is 0 Å². The van der Waals surface area contributed by atoms with Crippen LogP contribution >= 0.6 is 11.8 Å². The number of aliphatic hydroxyl groups is 1. The van der Waals surface area contributed by atoms with Gasteiger partial charge in [0.25, 0.3) is 0 Å². The predicted octanol–water partition coefficient (Wildman–Crippen LogP) is 0.528. The highest BCUT2D eigenvalue weighted by Crippen LogP contribution is 2.24. The lowest BCUT2D eigenvalue weighted by Crippen LogP contribution is -2.30. The minimum atomic E-state index is -2.85. The van der Waals surface area contributed by atoms with Crippen molar-refractivity contribution in [2.75, 3.05) is 37.5 Å². The fourth-order valence-electron chi connectivity index (χ4n) is 1.95. The quantitative estimate of drug-likeness (QED) is 0.662. The van der Waals surface area contributed by atoms with Gasteiger partial charge in [-0.2, -0.15) is 0 Å². The molecule has 1 amide bonds. The van der Waals surface area contributed by atoms with E-state index < -0.39 is 9.84 Å². The minimum Gasteiger partial charge on any atom is -0.396 e. The molecule has 19 heavy (non-hydrogen) atoms. The zero-order valence-electron chi connectivity index (χ0n) is 11.4. The summed E-state index contributed by atoms with van der Waals surface area (Å²) in [4.78, 5) is 13.5. The zero-order valence-corrected chi connectivity index (χ0v) is 13.0. The number of unbranched alkanes of at least 4 members (excludes halogenated alkanes) is 2. The zero-order chi connectivity index (χ0) is 14.3. The lowest BCUT2D eigenvalue weighted by Gasteiger charge is -2.17. The van der Waals surface area contributed by atoms with Gasteiger partial charge in [0.05, 0.1) is 17.3 Å². The summed E-state index contributed by atoms with van der Waals surface area (Å²) in [5.41, 5.74) is 0. The van der Waals surface area contributed by atoms with Gasteiger partial charge in [-0.05, 0) is 25.7 Å². The number of aliphatic hydroxyl groups excluding tert-OH is 1. The Kier molecular flexibility index (Phi) is 7.17. The van der Waals surface area contributed by atoms with E-state index in [0.717, 1.165) is 19.3 Å². The Morgan fingerprint density at radius 3 is 2.68 bits per heavy atom. The first-order valence-electron chi connectivity index (χ1n) is 6.61. The Hall–Kier alpha value is -0.270. The highest BCUT2D eigenvalue weighted by molar-refractivity contribution is 8.02. The number of rotatable bonds is 8. The Morgan fingerprint density at radius 1 is 1.37 bits per heavy atom. The molecule has 1 saturated heterocycles. The summed E-state index contributed by atoms with van der Waals surface area (Å²) < 4.78 is 22.6. The molecule has 0 bridgehead atoms. The lowest BCUT2D eigenvalue weighted by atomic mass is 10.2. The van der Waals surface area contributed by atoms with Crippen LogP contribution in [0.5, 0.6) is 0 Å². The number of hydrogen-bond acceptors (Lipinski definition) is 5. The van der Waals surface area contributed by atoms with Crippen LogP contribution < -0.4 is 0 Å². The summed E-state index contributed by atoms with van der Waals surface area (Å²) in [6.45, 7) is 0.895. The average molecular weight is 309 g/mol. The molecule has 0 aromatic rings. The first kappa shape index (κ1) is 16.8. The first-order chi connectivity index (χ1) is 8.94. The second kappa shape index (κ2) is 8.11. The van der Waals surface area contributed by atoms with Gasteiger partial charge < -0.3 is 10.0 Å². The third-order valence-corrected chi connectivity index (χ3v) is 6.48. The van der Waals surface area contributed by atoms with Crippen LogP contribution in [0.3, 0.4) is 0 Å². The van der Waals surface area contributed by atoms with Crippen molar-refractivity contribution >= 4 is 27.5 Å². The number of thioether (sulfide) groups is 1. The van der Waals surface area contributed by atoms with Crippen molar-refractivity contribution in [3.8, 4) is 0 Å². The smallest absolute Gasteiger partial charge is 0.232 e. The summed E-state index contributed by atoms with van der Waals surface area (Å²) in [5, 5.41) is 8.74. The monoisotopic (exact) mass is 309 g/mol. The van der Waals surface area contributed by atoms with Gasteiger partial charge in [0.2, 0.25) is 5.91 Å². The Bertz CT molecular complexity index is 383. The molecule has 1 unspecified atom stereocenters. The number of sulfone groups is 1. The highest BCUT2D eigenvalue weighted by Gasteiger charge is 2.28. The third kappa shape index (κ3) is 6.63. The van der Waals surface area contributed by atoms with Gasteiger partial charge >= 0.3 is 0 Å². The van der Waals surface area contributed by atoms with E-state index in [1.807, 2.05) is 0 Å². The summed E-state index contributed by atoms with van der Waals surface area (Å²) in [6, 6.07) is 0. The predicted molar refractivity (Wildman–Crippen MR) is 78.1 cm³/mol. The van der Waals surface area contributed by atoms with Crippen LogP contribution in [-0.2, 0) is 14.6 Å². The standard InChI is InChI=1S/C12H23NO4S2/c1-13(6-3-2-4-7-14)12(15)9-18-11-5-8-19(16,17)10-11/h11,14H,2-10H2,1H3.